The summed E-state index contributed by atoms with van der Waals surface area (Å²) in [6.07, 6.45) is 1.03. The molecule has 1 N–H and O–H groups in total. The fraction of sp³-hybridized carbons (Fsp3) is 0.583. The lowest BCUT2D eigenvalue weighted by molar-refractivity contribution is 0.184. The van der Waals surface area contributed by atoms with E-state index in [9.17, 15) is 0 Å². The first kappa shape index (κ1) is 12.1. The summed E-state index contributed by atoms with van der Waals surface area (Å²) >= 11 is 0. The van der Waals surface area contributed by atoms with Gasteiger partial charge in [-0.05, 0) is 32.4 Å². The van der Waals surface area contributed by atoms with E-state index in [0.717, 1.165) is 31.0 Å². The summed E-state index contributed by atoms with van der Waals surface area (Å²) < 4.78 is 5.03. The average molecular weight is 208 g/mol. The molecule has 0 spiro atoms. The smallest absolute Gasteiger partial charge is 0.0544 e. The van der Waals surface area contributed by atoms with Crippen molar-refractivity contribution in [2.75, 3.05) is 13.7 Å². The quantitative estimate of drug-likeness (QED) is 0.775. The predicted octanol–water partition coefficient (Wildman–Crippen LogP) is 1.90. The molecule has 0 fully saturated rings. The second-order valence-electron chi connectivity index (χ2n) is 3.83. The van der Waals surface area contributed by atoms with Gasteiger partial charge in [0.1, 0.15) is 0 Å². The Labute approximate surface area is 91.9 Å². The van der Waals surface area contributed by atoms with Crippen molar-refractivity contribution in [1.29, 1.82) is 0 Å². The Balaban J connectivity index is 2.30. The molecule has 0 bridgehead atoms. The lowest BCUT2D eigenvalue weighted by Gasteiger charge is -2.12. The molecule has 0 aromatic carbocycles. The van der Waals surface area contributed by atoms with Gasteiger partial charge in [-0.1, -0.05) is 6.07 Å². The normalized spacial score (nSPS) is 12.7. The highest BCUT2D eigenvalue weighted by atomic mass is 16.5. The minimum Gasteiger partial charge on any atom is -0.385 e. The molecule has 0 radical (unpaired) electrons. The van der Waals surface area contributed by atoms with Gasteiger partial charge in [0.25, 0.3) is 0 Å². The molecule has 0 saturated carbocycles. The number of nitrogens with zero attached hydrogens (tertiary/aromatic N) is 1. The Kier molecular flexibility index (Phi) is 5.29. The Morgan fingerprint density at radius 2 is 2.27 bits per heavy atom. The lowest BCUT2D eigenvalue weighted by atomic mass is 10.2. The highest BCUT2D eigenvalue weighted by molar-refractivity contribution is 5.09. The van der Waals surface area contributed by atoms with Crippen LogP contribution in [0.3, 0.4) is 0 Å². The zero-order chi connectivity index (χ0) is 11.1. The average Bonchev–Trinajstić information content (AvgIpc) is 2.23. The van der Waals surface area contributed by atoms with Crippen LogP contribution in [-0.4, -0.2) is 24.7 Å². The number of aromatic nitrogens is 1. The van der Waals surface area contributed by atoms with E-state index in [1.54, 1.807) is 7.11 Å². The summed E-state index contributed by atoms with van der Waals surface area (Å²) in [5, 5.41) is 3.42. The minimum absolute atomic E-state index is 0.465. The van der Waals surface area contributed by atoms with Gasteiger partial charge >= 0.3 is 0 Å². The SMILES string of the molecule is COCCC(C)NCc1cccc(C)n1. The van der Waals surface area contributed by atoms with Crippen LogP contribution in [-0.2, 0) is 11.3 Å². The largest absolute Gasteiger partial charge is 0.385 e. The number of pyridine rings is 1. The van der Waals surface area contributed by atoms with E-state index in [4.69, 9.17) is 4.74 Å². The fourth-order valence-corrected chi connectivity index (χ4v) is 1.37. The van der Waals surface area contributed by atoms with Crippen molar-refractivity contribution in [3.8, 4) is 0 Å². The molecule has 3 heteroatoms. The molecule has 0 aliphatic carbocycles. The number of hydrogen-bond donors (Lipinski definition) is 1. The molecule has 1 heterocycles. The monoisotopic (exact) mass is 208 g/mol. The van der Waals surface area contributed by atoms with E-state index in [0.29, 0.717) is 6.04 Å². The minimum atomic E-state index is 0.465. The summed E-state index contributed by atoms with van der Waals surface area (Å²) in [6.45, 7) is 5.80. The Hall–Kier alpha value is -0.930. The van der Waals surface area contributed by atoms with E-state index in [-0.39, 0.29) is 0 Å². The number of hydrogen-bond acceptors (Lipinski definition) is 3. The molecule has 1 aromatic rings. The molecule has 1 rings (SSSR count). The molecule has 1 aromatic heterocycles. The molecule has 1 unspecified atom stereocenters. The molecular formula is C12H20N2O. The maximum atomic E-state index is 5.03. The molecule has 0 amide bonds. The van der Waals surface area contributed by atoms with Crippen molar-refractivity contribution in [2.24, 2.45) is 0 Å². The number of rotatable bonds is 6. The van der Waals surface area contributed by atoms with Crippen LogP contribution >= 0.6 is 0 Å². The third-order valence-corrected chi connectivity index (χ3v) is 2.33. The second kappa shape index (κ2) is 6.53. The molecule has 3 nitrogen and oxygen atoms in total. The van der Waals surface area contributed by atoms with Crippen LogP contribution in [0.4, 0.5) is 0 Å². The van der Waals surface area contributed by atoms with Crippen LogP contribution in [0.1, 0.15) is 24.7 Å². The summed E-state index contributed by atoms with van der Waals surface area (Å²) in [5.41, 5.74) is 2.16. The maximum absolute atomic E-state index is 5.03. The van der Waals surface area contributed by atoms with E-state index < -0.39 is 0 Å². The Morgan fingerprint density at radius 1 is 1.47 bits per heavy atom. The van der Waals surface area contributed by atoms with E-state index >= 15 is 0 Å². The van der Waals surface area contributed by atoms with Crippen LogP contribution in [0, 0.1) is 6.92 Å². The predicted molar refractivity (Wildman–Crippen MR) is 61.8 cm³/mol. The first-order chi connectivity index (χ1) is 7.22. The van der Waals surface area contributed by atoms with E-state index in [1.807, 2.05) is 25.1 Å². The van der Waals surface area contributed by atoms with Crippen LogP contribution in [0.2, 0.25) is 0 Å². The number of nitrogens with one attached hydrogen (secondary N) is 1. The van der Waals surface area contributed by atoms with Crippen molar-refractivity contribution in [3.05, 3.63) is 29.6 Å². The maximum Gasteiger partial charge on any atom is 0.0544 e. The first-order valence-corrected chi connectivity index (χ1v) is 5.37. The number of methoxy groups -OCH3 is 1. The van der Waals surface area contributed by atoms with Gasteiger partial charge in [-0.25, -0.2) is 0 Å². The molecule has 0 saturated heterocycles. The van der Waals surface area contributed by atoms with Gasteiger partial charge in [-0.2, -0.15) is 0 Å². The molecule has 0 aliphatic rings. The number of ether oxygens (including phenoxy) is 1. The van der Waals surface area contributed by atoms with Gasteiger partial charge in [0, 0.05) is 32.0 Å². The first-order valence-electron chi connectivity index (χ1n) is 5.37. The summed E-state index contributed by atoms with van der Waals surface area (Å²) in [4.78, 5) is 4.43. The van der Waals surface area contributed by atoms with Crippen molar-refractivity contribution in [2.45, 2.75) is 32.9 Å². The topological polar surface area (TPSA) is 34.1 Å². The highest BCUT2D eigenvalue weighted by Gasteiger charge is 2.01. The molecule has 84 valence electrons. The molecule has 15 heavy (non-hydrogen) atoms. The van der Waals surface area contributed by atoms with Crippen LogP contribution in [0.15, 0.2) is 18.2 Å². The van der Waals surface area contributed by atoms with Gasteiger partial charge in [-0.15, -0.1) is 0 Å². The van der Waals surface area contributed by atoms with E-state index in [2.05, 4.69) is 17.2 Å². The van der Waals surface area contributed by atoms with Crippen LogP contribution < -0.4 is 5.32 Å². The zero-order valence-corrected chi connectivity index (χ0v) is 9.79. The Morgan fingerprint density at radius 3 is 2.93 bits per heavy atom. The molecular weight excluding hydrogens is 188 g/mol. The summed E-state index contributed by atoms with van der Waals surface area (Å²) in [7, 11) is 1.73. The van der Waals surface area contributed by atoms with Gasteiger partial charge in [0.15, 0.2) is 0 Å². The van der Waals surface area contributed by atoms with Gasteiger partial charge in [0.05, 0.1) is 5.69 Å². The van der Waals surface area contributed by atoms with Crippen molar-refractivity contribution >= 4 is 0 Å². The van der Waals surface area contributed by atoms with Gasteiger partial charge in [-0.3, -0.25) is 4.98 Å². The van der Waals surface area contributed by atoms with Gasteiger partial charge < -0.3 is 10.1 Å². The molecule has 1 atom stereocenters. The van der Waals surface area contributed by atoms with Crippen molar-refractivity contribution < 1.29 is 4.74 Å². The molecule has 0 aliphatic heterocycles. The summed E-state index contributed by atoms with van der Waals surface area (Å²) in [6, 6.07) is 6.56. The standard InChI is InChI=1S/C12H20N2O/c1-10(7-8-15-3)13-9-12-6-4-5-11(2)14-12/h4-6,10,13H,7-9H2,1-3H3. The van der Waals surface area contributed by atoms with Crippen molar-refractivity contribution in [1.82, 2.24) is 10.3 Å². The highest BCUT2D eigenvalue weighted by Crippen LogP contribution is 1.99. The van der Waals surface area contributed by atoms with Gasteiger partial charge in [0.2, 0.25) is 0 Å². The number of aryl methyl sites for hydroxylation is 1. The van der Waals surface area contributed by atoms with Crippen LogP contribution in [0.5, 0.6) is 0 Å². The lowest BCUT2D eigenvalue weighted by Crippen LogP contribution is -2.27. The third-order valence-electron chi connectivity index (χ3n) is 2.33. The third kappa shape index (κ3) is 4.91. The van der Waals surface area contributed by atoms with Crippen molar-refractivity contribution in [3.63, 3.8) is 0 Å². The summed E-state index contributed by atoms with van der Waals surface area (Å²) in [5.74, 6) is 0. The second-order valence-corrected chi connectivity index (χ2v) is 3.83. The Bertz CT molecular complexity index is 289. The zero-order valence-electron chi connectivity index (χ0n) is 9.79. The van der Waals surface area contributed by atoms with E-state index in [1.165, 1.54) is 0 Å². The van der Waals surface area contributed by atoms with Crippen LogP contribution in [0.25, 0.3) is 0 Å². The fourth-order valence-electron chi connectivity index (χ4n) is 1.37.